The Kier molecular flexibility index (Phi) is 2.54. The van der Waals surface area contributed by atoms with Gasteiger partial charge in [-0.05, 0) is 29.7 Å². The first-order valence-electron chi connectivity index (χ1n) is 2.59. The summed E-state index contributed by atoms with van der Waals surface area (Å²) in [5.41, 5.74) is 1.09. The average Bonchev–Trinajstić information content (AvgIpc) is 1.91. The number of hydrogen-bond acceptors (Lipinski definition) is 3. The molecule has 0 aliphatic heterocycles. The van der Waals surface area contributed by atoms with Crippen LogP contribution in [0, 0.1) is 0 Å². The van der Waals surface area contributed by atoms with Crippen LogP contribution in [0.1, 0.15) is 5.56 Å². The van der Waals surface area contributed by atoms with Crippen molar-refractivity contribution in [3.8, 4) is 0 Å². The van der Waals surface area contributed by atoms with Gasteiger partial charge in [-0.25, -0.2) is 0 Å². The zero-order valence-electron chi connectivity index (χ0n) is 4.82. The molecular weight excluding hydrogens is 134 g/mol. The summed E-state index contributed by atoms with van der Waals surface area (Å²) in [5.74, 6) is 0.641. The largest absolute Gasteiger partial charge is 0.330 e. The minimum atomic E-state index is 0.641. The van der Waals surface area contributed by atoms with Crippen molar-refractivity contribution in [2.75, 3.05) is 0 Å². The van der Waals surface area contributed by atoms with Gasteiger partial charge in [0, 0.05) is 18.1 Å². The van der Waals surface area contributed by atoms with Crippen LogP contribution in [0.2, 0.25) is 0 Å². The second-order valence-electron chi connectivity index (χ2n) is 1.63. The monoisotopic (exact) mass is 141 g/mol. The Hall–Kier alpha value is -0.540. The highest BCUT2D eigenvalue weighted by Crippen LogP contribution is 2.05. The lowest BCUT2D eigenvalue weighted by atomic mass is 10.3. The summed E-state index contributed by atoms with van der Waals surface area (Å²) < 4.78 is 8.42. The molecule has 48 valence electrons. The van der Waals surface area contributed by atoms with Crippen molar-refractivity contribution in [2.24, 2.45) is 0 Å². The molecule has 1 heterocycles. The quantitative estimate of drug-likeness (QED) is 0.637. The van der Waals surface area contributed by atoms with Crippen LogP contribution >= 0.6 is 12.0 Å². The Morgan fingerprint density at radius 2 is 2.11 bits per heavy atom. The van der Waals surface area contributed by atoms with Gasteiger partial charge >= 0.3 is 0 Å². The number of rotatable bonds is 2. The number of pyridine rings is 1. The summed E-state index contributed by atoms with van der Waals surface area (Å²) >= 11 is 0.827. The molecule has 0 bridgehead atoms. The lowest BCUT2D eigenvalue weighted by Gasteiger charge is -1.91. The van der Waals surface area contributed by atoms with Gasteiger partial charge in [0.05, 0.1) is 0 Å². The average molecular weight is 141 g/mol. The molecule has 1 aromatic rings. The molecule has 1 N–H and O–H groups in total. The van der Waals surface area contributed by atoms with E-state index in [-0.39, 0.29) is 0 Å². The van der Waals surface area contributed by atoms with E-state index in [1.54, 1.807) is 12.4 Å². The molecular formula is C6H7NOS. The zero-order chi connectivity index (χ0) is 6.53. The zero-order valence-corrected chi connectivity index (χ0v) is 5.64. The molecule has 1 rings (SSSR count). The maximum Gasteiger partial charge on any atom is 0.0447 e. The predicted molar refractivity (Wildman–Crippen MR) is 38.2 cm³/mol. The van der Waals surface area contributed by atoms with Crippen LogP contribution < -0.4 is 0 Å². The molecule has 0 aromatic carbocycles. The first-order valence-corrected chi connectivity index (χ1v) is 3.53. The Balaban J connectivity index is 2.61. The Bertz CT molecular complexity index is 166. The van der Waals surface area contributed by atoms with Gasteiger partial charge in [0.1, 0.15) is 0 Å². The third-order valence-electron chi connectivity index (χ3n) is 0.981. The van der Waals surface area contributed by atoms with E-state index in [4.69, 9.17) is 4.55 Å². The van der Waals surface area contributed by atoms with Crippen LogP contribution in [-0.4, -0.2) is 9.54 Å². The van der Waals surface area contributed by atoms with Crippen LogP contribution in [0.15, 0.2) is 24.5 Å². The summed E-state index contributed by atoms with van der Waals surface area (Å²) in [6, 6.07) is 3.76. The fourth-order valence-corrected chi connectivity index (χ4v) is 0.895. The van der Waals surface area contributed by atoms with E-state index in [0.29, 0.717) is 5.75 Å². The predicted octanol–water partition coefficient (Wildman–Crippen LogP) is 1.79. The van der Waals surface area contributed by atoms with Gasteiger partial charge in [-0.3, -0.25) is 4.98 Å². The highest BCUT2D eigenvalue weighted by Gasteiger charge is 1.86. The van der Waals surface area contributed by atoms with E-state index >= 15 is 0 Å². The first-order chi connectivity index (χ1) is 4.43. The van der Waals surface area contributed by atoms with Crippen molar-refractivity contribution in [3.05, 3.63) is 30.1 Å². The van der Waals surface area contributed by atoms with E-state index in [1.807, 2.05) is 12.1 Å². The van der Waals surface area contributed by atoms with Gasteiger partial charge in [0.25, 0.3) is 0 Å². The number of aromatic nitrogens is 1. The Morgan fingerprint density at radius 3 is 2.67 bits per heavy atom. The van der Waals surface area contributed by atoms with Gasteiger partial charge in [0.2, 0.25) is 0 Å². The molecule has 0 fully saturated rings. The SMILES string of the molecule is OSCc1ccncc1. The molecule has 9 heavy (non-hydrogen) atoms. The third kappa shape index (κ3) is 2.03. The number of hydrogen-bond donors (Lipinski definition) is 1. The molecule has 0 amide bonds. The molecule has 0 radical (unpaired) electrons. The van der Waals surface area contributed by atoms with E-state index < -0.39 is 0 Å². The molecule has 1 aromatic heterocycles. The maximum absolute atomic E-state index is 8.42. The second kappa shape index (κ2) is 3.48. The lowest BCUT2D eigenvalue weighted by Crippen LogP contribution is -1.77. The summed E-state index contributed by atoms with van der Waals surface area (Å²) in [6.45, 7) is 0. The van der Waals surface area contributed by atoms with Crippen LogP contribution in [0.25, 0.3) is 0 Å². The Labute approximate surface area is 58.1 Å². The van der Waals surface area contributed by atoms with E-state index in [9.17, 15) is 0 Å². The Morgan fingerprint density at radius 1 is 1.44 bits per heavy atom. The van der Waals surface area contributed by atoms with Crippen LogP contribution in [0.5, 0.6) is 0 Å². The highest BCUT2D eigenvalue weighted by molar-refractivity contribution is 7.92. The smallest absolute Gasteiger partial charge is 0.0447 e. The second-order valence-corrected chi connectivity index (χ2v) is 2.18. The standard InChI is InChI=1S/C6H7NOS/c8-9-5-6-1-3-7-4-2-6/h1-4,8H,5H2. The lowest BCUT2D eigenvalue weighted by molar-refractivity contribution is 0.663. The number of nitrogens with zero attached hydrogens (tertiary/aromatic N) is 1. The first kappa shape index (κ1) is 6.58. The van der Waals surface area contributed by atoms with Gasteiger partial charge in [-0.2, -0.15) is 0 Å². The fraction of sp³-hybridized carbons (Fsp3) is 0.167. The van der Waals surface area contributed by atoms with Crippen molar-refractivity contribution in [3.63, 3.8) is 0 Å². The molecule has 0 atom stereocenters. The van der Waals surface area contributed by atoms with Crippen molar-refractivity contribution in [1.82, 2.24) is 4.98 Å². The topological polar surface area (TPSA) is 33.1 Å². The van der Waals surface area contributed by atoms with Gasteiger partial charge in [-0.15, -0.1) is 0 Å². The van der Waals surface area contributed by atoms with E-state index in [1.165, 1.54) is 0 Å². The molecule has 0 saturated heterocycles. The normalized spacial score (nSPS) is 9.44. The van der Waals surface area contributed by atoms with Gasteiger partial charge in [0.15, 0.2) is 0 Å². The van der Waals surface area contributed by atoms with Gasteiger partial charge < -0.3 is 4.55 Å². The fourth-order valence-electron chi connectivity index (χ4n) is 0.554. The third-order valence-corrected chi connectivity index (χ3v) is 1.44. The minimum absolute atomic E-state index is 0.641. The molecule has 0 spiro atoms. The van der Waals surface area contributed by atoms with Crippen molar-refractivity contribution < 1.29 is 4.55 Å². The summed E-state index contributed by atoms with van der Waals surface area (Å²) in [7, 11) is 0. The summed E-state index contributed by atoms with van der Waals surface area (Å²) in [6.07, 6.45) is 3.43. The van der Waals surface area contributed by atoms with Crippen molar-refractivity contribution in [1.29, 1.82) is 0 Å². The highest BCUT2D eigenvalue weighted by atomic mass is 32.2. The van der Waals surface area contributed by atoms with Crippen molar-refractivity contribution in [2.45, 2.75) is 5.75 Å². The summed E-state index contributed by atoms with van der Waals surface area (Å²) in [5, 5.41) is 0. The molecule has 0 saturated carbocycles. The van der Waals surface area contributed by atoms with E-state index in [2.05, 4.69) is 4.98 Å². The molecule has 0 aliphatic rings. The molecule has 0 aliphatic carbocycles. The maximum atomic E-state index is 8.42. The minimum Gasteiger partial charge on any atom is -0.330 e. The molecule has 3 heteroatoms. The molecule has 2 nitrogen and oxygen atoms in total. The van der Waals surface area contributed by atoms with Crippen LogP contribution in [0.3, 0.4) is 0 Å². The van der Waals surface area contributed by atoms with Crippen molar-refractivity contribution >= 4 is 12.0 Å². The van der Waals surface area contributed by atoms with Crippen LogP contribution in [0.4, 0.5) is 0 Å². The molecule has 0 unspecified atom stereocenters. The van der Waals surface area contributed by atoms with E-state index in [0.717, 1.165) is 17.6 Å². The summed E-state index contributed by atoms with van der Waals surface area (Å²) in [4.78, 5) is 3.84. The van der Waals surface area contributed by atoms with Gasteiger partial charge in [-0.1, -0.05) is 0 Å². The van der Waals surface area contributed by atoms with Crippen LogP contribution in [-0.2, 0) is 5.75 Å².